The van der Waals surface area contributed by atoms with Gasteiger partial charge in [-0.1, -0.05) is 0 Å². The second kappa shape index (κ2) is 6.17. The van der Waals surface area contributed by atoms with Crippen LogP contribution in [0.15, 0.2) is 0 Å². The Balaban J connectivity index is 1.81. The van der Waals surface area contributed by atoms with E-state index in [4.69, 9.17) is 5.26 Å². The smallest absolute Gasteiger partial charge is 0.239 e. The van der Waals surface area contributed by atoms with E-state index < -0.39 is 0 Å². The van der Waals surface area contributed by atoms with Gasteiger partial charge in [-0.15, -0.1) is 0 Å². The standard InChI is InChI=1S/C13H22N4O/c1-12(13(18)17-5-2-3-6-17)16-10-8-15(7-4-14)9-11-16/h12H,2-3,5-11H2,1H3. The van der Waals surface area contributed by atoms with Gasteiger partial charge in [0, 0.05) is 39.3 Å². The van der Waals surface area contributed by atoms with Gasteiger partial charge in [0.2, 0.25) is 5.91 Å². The summed E-state index contributed by atoms with van der Waals surface area (Å²) in [5, 5.41) is 8.66. The van der Waals surface area contributed by atoms with E-state index in [-0.39, 0.29) is 11.9 Å². The molecule has 0 N–H and O–H groups in total. The SMILES string of the molecule is CC(C(=O)N1CCCC1)N1CCN(CC#N)CC1. The fraction of sp³-hybridized carbons (Fsp3) is 0.846. The average molecular weight is 250 g/mol. The lowest BCUT2D eigenvalue weighted by Gasteiger charge is -2.37. The van der Waals surface area contributed by atoms with Gasteiger partial charge in [0.1, 0.15) is 0 Å². The zero-order valence-electron chi connectivity index (χ0n) is 11.1. The summed E-state index contributed by atoms with van der Waals surface area (Å²) in [6, 6.07) is 2.17. The number of hydrogen-bond donors (Lipinski definition) is 0. The van der Waals surface area contributed by atoms with Crippen LogP contribution < -0.4 is 0 Å². The lowest BCUT2D eigenvalue weighted by molar-refractivity contribution is -0.136. The maximum Gasteiger partial charge on any atom is 0.239 e. The van der Waals surface area contributed by atoms with Crippen LogP contribution in [0.25, 0.3) is 0 Å². The van der Waals surface area contributed by atoms with Gasteiger partial charge in [0.15, 0.2) is 0 Å². The normalized spacial score (nSPS) is 23.9. The second-order valence-electron chi connectivity index (χ2n) is 5.18. The molecule has 1 atom stereocenters. The Labute approximate surface area is 109 Å². The highest BCUT2D eigenvalue weighted by Gasteiger charge is 2.29. The Bertz CT molecular complexity index is 324. The van der Waals surface area contributed by atoms with Crippen molar-refractivity contribution in [1.82, 2.24) is 14.7 Å². The molecule has 0 aliphatic carbocycles. The van der Waals surface area contributed by atoms with Gasteiger partial charge in [-0.3, -0.25) is 14.6 Å². The molecule has 2 fully saturated rings. The lowest BCUT2D eigenvalue weighted by atomic mass is 10.2. The van der Waals surface area contributed by atoms with Gasteiger partial charge in [0.25, 0.3) is 0 Å². The van der Waals surface area contributed by atoms with E-state index in [0.29, 0.717) is 6.54 Å². The third-order valence-corrected chi connectivity index (χ3v) is 4.02. The second-order valence-corrected chi connectivity index (χ2v) is 5.18. The number of nitriles is 1. The molecule has 5 heteroatoms. The van der Waals surface area contributed by atoms with Gasteiger partial charge in [-0.25, -0.2) is 0 Å². The minimum absolute atomic E-state index is 0.00710. The number of rotatable bonds is 3. The molecule has 2 aliphatic heterocycles. The quantitative estimate of drug-likeness (QED) is 0.669. The Morgan fingerprint density at radius 3 is 2.33 bits per heavy atom. The number of piperazine rings is 1. The van der Waals surface area contributed by atoms with Crippen molar-refractivity contribution in [3.8, 4) is 6.07 Å². The van der Waals surface area contributed by atoms with Crippen molar-refractivity contribution in [1.29, 1.82) is 5.26 Å². The first kappa shape index (κ1) is 13.3. The van der Waals surface area contributed by atoms with Crippen molar-refractivity contribution in [3.63, 3.8) is 0 Å². The number of likely N-dealkylation sites (tertiary alicyclic amines) is 1. The number of carbonyl (C=O) groups is 1. The summed E-state index contributed by atoms with van der Waals surface area (Å²) >= 11 is 0. The van der Waals surface area contributed by atoms with E-state index in [1.54, 1.807) is 0 Å². The van der Waals surface area contributed by atoms with Crippen molar-refractivity contribution in [2.45, 2.75) is 25.8 Å². The average Bonchev–Trinajstić information content (AvgIpc) is 2.92. The largest absolute Gasteiger partial charge is 0.341 e. The molecule has 0 spiro atoms. The molecule has 0 aromatic rings. The van der Waals surface area contributed by atoms with Crippen molar-refractivity contribution in [2.75, 3.05) is 45.8 Å². The summed E-state index contributed by atoms with van der Waals surface area (Å²) in [7, 11) is 0. The lowest BCUT2D eigenvalue weighted by Crippen LogP contribution is -2.54. The van der Waals surface area contributed by atoms with Crippen molar-refractivity contribution < 1.29 is 4.79 Å². The molecule has 0 aromatic carbocycles. The highest BCUT2D eigenvalue weighted by molar-refractivity contribution is 5.81. The summed E-state index contributed by atoms with van der Waals surface area (Å²) in [6.45, 7) is 7.94. The van der Waals surface area contributed by atoms with E-state index in [2.05, 4.69) is 15.9 Å². The van der Waals surface area contributed by atoms with Crippen LogP contribution in [0, 0.1) is 11.3 Å². The number of carbonyl (C=O) groups excluding carboxylic acids is 1. The molecule has 1 amide bonds. The van der Waals surface area contributed by atoms with Crippen LogP contribution in [-0.4, -0.2) is 72.5 Å². The fourth-order valence-electron chi connectivity index (χ4n) is 2.77. The van der Waals surface area contributed by atoms with Crippen LogP contribution in [0.3, 0.4) is 0 Å². The van der Waals surface area contributed by atoms with Gasteiger partial charge in [0.05, 0.1) is 18.7 Å². The molecular formula is C13H22N4O. The van der Waals surface area contributed by atoms with Crippen LogP contribution >= 0.6 is 0 Å². The molecule has 0 bridgehead atoms. The summed E-state index contributed by atoms with van der Waals surface area (Å²) in [5.41, 5.74) is 0. The highest BCUT2D eigenvalue weighted by atomic mass is 16.2. The molecule has 0 saturated carbocycles. The Kier molecular flexibility index (Phi) is 4.56. The van der Waals surface area contributed by atoms with E-state index in [0.717, 1.165) is 52.1 Å². The number of nitrogens with zero attached hydrogens (tertiary/aromatic N) is 4. The van der Waals surface area contributed by atoms with Gasteiger partial charge in [-0.2, -0.15) is 5.26 Å². The monoisotopic (exact) mass is 250 g/mol. The van der Waals surface area contributed by atoms with Crippen LogP contribution in [-0.2, 0) is 4.79 Å². The Morgan fingerprint density at radius 2 is 1.78 bits per heavy atom. The van der Waals surface area contributed by atoms with Crippen LogP contribution in [0.4, 0.5) is 0 Å². The van der Waals surface area contributed by atoms with Crippen LogP contribution in [0.5, 0.6) is 0 Å². The first-order chi connectivity index (χ1) is 8.72. The summed E-state index contributed by atoms with van der Waals surface area (Å²) in [6.07, 6.45) is 2.29. The fourth-order valence-corrected chi connectivity index (χ4v) is 2.77. The van der Waals surface area contributed by atoms with Crippen molar-refractivity contribution >= 4 is 5.91 Å². The third-order valence-electron chi connectivity index (χ3n) is 4.02. The molecule has 0 radical (unpaired) electrons. The molecule has 2 rings (SSSR count). The summed E-state index contributed by atoms with van der Waals surface area (Å²) in [4.78, 5) is 18.6. The summed E-state index contributed by atoms with van der Waals surface area (Å²) in [5.74, 6) is 0.279. The topological polar surface area (TPSA) is 50.6 Å². The van der Waals surface area contributed by atoms with E-state index in [1.807, 2.05) is 11.8 Å². The molecule has 18 heavy (non-hydrogen) atoms. The molecule has 100 valence electrons. The third kappa shape index (κ3) is 3.01. The molecule has 2 aliphatic rings. The predicted octanol–water partition coefficient (Wildman–Crippen LogP) is 0.138. The minimum atomic E-state index is -0.00710. The molecule has 0 aromatic heterocycles. The zero-order chi connectivity index (χ0) is 13.0. The van der Waals surface area contributed by atoms with Gasteiger partial charge >= 0.3 is 0 Å². The van der Waals surface area contributed by atoms with E-state index >= 15 is 0 Å². The summed E-state index contributed by atoms with van der Waals surface area (Å²) < 4.78 is 0. The van der Waals surface area contributed by atoms with Crippen LogP contribution in [0.2, 0.25) is 0 Å². The molecule has 2 heterocycles. The van der Waals surface area contributed by atoms with Crippen molar-refractivity contribution in [2.24, 2.45) is 0 Å². The van der Waals surface area contributed by atoms with Gasteiger partial charge in [-0.05, 0) is 19.8 Å². The molecule has 5 nitrogen and oxygen atoms in total. The van der Waals surface area contributed by atoms with Crippen LogP contribution in [0.1, 0.15) is 19.8 Å². The minimum Gasteiger partial charge on any atom is -0.341 e. The maximum atomic E-state index is 12.3. The van der Waals surface area contributed by atoms with Gasteiger partial charge < -0.3 is 4.90 Å². The Hall–Kier alpha value is -1.12. The molecule has 1 unspecified atom stereocenters. The predicted molar refractivity (Wildman–Crippen MR) is 68.9 cm³/mol. The molecule has 2 saturated heterocycles. The first-order valence-corrected chi connectivity index (χ1v) is 6.84. The van der Waals surface area contributed by atoms with Crippen molar-refractivity contribution in [3.05, 3.63) is 0 Å². The zero-order valence-corrected chi connectivity index (χ0v) is 11.1. The first-order valence-electron chi connectivity index (χ1n) is 6.84. The molecular weight excluding hydrogens is 228 g/mol. The highest BCUT2D eigenvalue weighted by Crippen LogP contribution is 2.13. The number of amides is 1. The number of hydrogen-bond acceptors (Lipinski definition) is 4. The van der Waals surface area contributed by atoms with E-state index in [9.17, 15) is 4.79 Å². The van der Waals surface area contributed by atoms with E-state index in [1.165, 1.54) is 0 Å². The Morgan fingerprint density at radius 1 is 1.17 bits per heavy atom. The maximum absolute atomic E-state index is 12.3.